The van der Waals surface area contributed by atoms with Crippen molar-refractivity contribution in [1.82, 2.24) is 4.57 Å². The molecule has 1 amide bonds. The van der Waals surface area contributed by atoms with E-state index in [9.17, 15) is 9.59 Å². The predicted octanol–water partition coefficient (Wildman–Crippen LogP) is 3.52. The summed E-state index contributed by atoms with van der Waals surface area (Å²) in [4.78, 5) is 24.4. The Hall–Kier alpha value is -2.76. The van der Waals surface area contributed by atoms with Crippen LogP contribution in [0.5, 0.6) is 11.5 Å². The lowest BCUT2D eigenvalue weighted by Crippen LogP contribution is -2.17. The van der Waals surface area contributed by atoms with E-state index in [1.165, 1.54) is 7.11 Å². The minimum absolute atomic E-state index is 0.153. The number of primary amides is 1. The number of methoxy groups -OCH3 is 1. The summed E-state index contributed by atoms with van der Waals surface area (Å²) in [5.74, 6) is 0.353. The maximum atomic E-state index is 12.7. The molecule has 0 unspecified atom stereocenters. The Morgan fingerprint density at radius 3 is 2.48 bits per heavy atom. The van der Waals surface area contributed by atoms with E-state index in [1.807, 2.05) is 19.9 Å². The van der Waals surface area contributed by atoms with Gasteiger partial charge in [0.05, 0.1) is 12.7 Å². The van der Waals surface area contributed by atoms with E-state index in [0.717, 1.165) is 24.4 Å². The molecule has 146 valence electrons. The van der Waals surface area contributed by atoms with Crippen LogP contribution >= 0.6 is 0 Å². The molecule has 0 fully saturated rings. The highest BCUT2D eigenvalue weighted by Crippen LogP contribution is 2.31. The van der Waals surface area contributed by atoms with Crippen molar-refractivity contribution >= 4 is 11.7 Å². The number of benzene rings is 1. The van der Waals surface area contributed by atoms with Gasteiger partial charge in [-0.2, -0.15) is 0 Å². The van der Waals surface area contributed by atoms with Crippen molar-refractivity contribution in [3.63, 3.8) is 0 Å². The number of amides is 1. The van der Waals surface area contributed by atoms with E-state index in [2.05, 4.69) is 18.4 Å². The summed E-state index contributed by atoms with van der Waals surface area (Å²) < 4.78 is 13.0. The molecule has 0 radical (unpaired) electrons. The molecule has 0 bridgehead atoms. The highest BCUT2D eigenvalue weighted by Gasteiger charge is 2.19. The molecule has 0 saturated heterocycles. The largest absolute Gasteiger partial charge is 0.493 e. The number of hydrogen-bond acceptors (Lipinski definition) is 4. The van der Waals surface area contributed by atoms with Crippen LogP contribution in [0, 0.1) is 19.8 Å². The van der Waals surface area contributed by atoms with Crippen LogP contribution in [0.25, 0.3) is 0 Å². The van der Waals surface area contributed by atoms with Crippen molar-refractivity contribution in [2.75, 3.05) is 13.7 Å². The summed E-state index contributed by atoms with van der Waals surface area (Å²) >= 11 is 0. The Morgan fingerprint density at radius 2 is 1.89 bits per heavy atom. The minimum Gasteiger partial charge on any atom is -0.493 e. The number of aromatic nitrogens is 1. The zero-order chi connectivity index (χ0) is 20.1. The zero-order valence-corrected chi connectivity index (χ0v) is 16.7. The van der Waals surface area contributed by atoms with Crippen molar-refractivity contribution in [2.45, 2.75) is 40.7 Å². The van der Waals surface area contributed by atoms with Gasteiger partial charge in [0.15, 0.2) is 18.1 Å². The number of carbonyl (C=O) groups excluding carboxylic acids is 2. The summed E-state index contributed by atoms with van der Waals surface area (Å²) in [5, 5.41) is 0. The number of carbonyl (C=O) groups is 2. The Balaban J connectivity index is 2.20. The van der Waals surface area contributed by atoms with E-state index in [4.69, 9.17) is 15.2 Å². The van der Waals surface area contributed by atoms with Crippen LogP contribution in [0.3, 0.4) is 0 Å². The maximum absolute atomic E-state index is 12.7. The molecule has 1 heterocycles. The smallest absolute Gasteiger partial charge is 0.252 e. The number of nitrogens with zero attached hydrogens (tertiary/aromatic N) is 1. The van der Waals surface area contributed by atoms with Crippen molar-refractivity contribution in [1.29, 1.82) is 0 Å². The molecule has 6 heteroatoms. The van der Waals surface area contributed by atoms with Crippen molar-refractivity contribution in [2.24, 2.45) is 11.7 Å². The van der Waals surface area contributed by atoms with E-state index in [-0.39, 0.29) is 23.7 Å². The van der Waals surface area contributed by atoms with Crippen LogP contribution in [0.2, 0.25) is 0 Å². The second kappa shape index (κ2) is 8.75. The molecule has 2 rings (SSSR count). The SMILES string of the molecule is COc1cccc(C(N)=O)c1OCC(=O)c1cc(C)n(CCC(C)C)c1C. The van der Waals surface area contributed by atoms with Gasteiger partial charge in [0.1, 0.15) is 0 Å². The topological polar surface area (TPSA) is 83.6 Å². The molecule has 2 N–H and O–H groups in total. The second-order valence-electron chi connectivity index (χ2n) is 7.03. The molecule has 1 aromatic heterocycles. The van der Waals surface area contributed by atoms with Crippen LogP contribution in [-0.2, 0) is 6.54 Å². The molecule has 0 spiro atoms. The molecular formula is C21H28N2O4. The number of nitrogens with two attached hydrogens (primary N) is 1. The normalized spacial score (nSPS) is 10.9. The molecule has 0 aliphatic carbocycles. The fraction of sp³-hybridized carbons (Fsp3) is 0.429. The third-order valence-electron chi connectivity index (χ3n) is 4.62. The fourth-order valence-corrected chi connectivity index (χ4v) is 3.05. The fourth-order valence-electron chi connectivity index (χ4n) is 3.05. The molecule has 0 atom stereocenters. The Morgan fingerprint density at radius 1 is 1.19 bits per heavy atom. The van der Waals surface area contributed by atoms with Gasteiger partial charge < -0.3 is 19.8 Å². The molecular weight excluding hydrogens is 344 g/mol. The van der Waals surface area contributed by atoms with E-state index in [0.29, 0.717) is 17.2 Å². The zero-order valence-electron chi connectivity index (χ0n) is 16.7. The molecule has 6 nitrogen and oxygen atoms in total. The number of hydrogen-bond donors (Lipinski definition) is 1. The highest BCUT2D eigenvalue weighted by molar-refractivity contribution is 5.99. The van der Waals surface area contributed by atoms with Gasteiger partial charge in [-0.3, -0.25) is 9.59 Å². The summed E-state index contributed by atoms with van der Waals surface area (Å²) in [5.41, 5.74) is 8.19. The van der Waals surface area contributed by atoms with Gasteiger partial charge in [-0.05, 0) is 44.4 Å². The number of rotatable bonds is 9. The number of ketones is 1. The molecule has 1 aromatic carbocycles. The molecule has 0 aliphatic heterocycles. The average Bonchev–Trinajstić information content (AvgIpc) is 2.91. The van der Waals surface area contributed by atoms with Crippen LogP contribution in [-0.4, -0.2) is 30.0 Å². The van der Waals surface area contributed by atoms with E-state index in [1.54, 1.807) is 18.2 Å². The number of aryl methyl sites for hydroxylation is 1. The third-order valence-corrected chi connectivity index (χ3v) is 4.62. The first-order valence-corrected chi connectivity index (χ1v) is 9.05. The average molecular weight is 372 g/mol. The van der Waals surface area contributed by atoms with Crippen molar-refractivity contribution < 1.29 is 19.1 Å². The Labute approximate surface area is 160 Å². The maximum Gasteiger partial charge on any atom is 0.252 e. The number of ether oxygens (including phenoxy) is 2. The van der Waals surface area contributed by atoms with Crippen LogP contribution in [0.4, 0.5) is 0 Å². The van der Waals surface area contributed by atoms with E-state index >= 15 is 0 Å². The highest BCUT2D eigenvalue weighted by atomic mass is 16.5. The minimum atomic E-state index is -0.636. The Kier molecular flexibility index (Phi) is 6.66. The van der Waals surface area contributed by atoms with Crippen LogP contribution in [0.15, 0.2) is 24.3 Å². The van der Waals surface area contributed by atoms with Gasteiger partial charge in [0.25, 0.3) is 5.91 Å². The third kappa shape index (κ3) is 4.70. The van der Waals surface area contributed by atoms with Gasteiger partial charge in [-0.15, -0.1) is 0 Å². The molecule has 27 heavy (non-hydrogen) atoms. The van der Waals surface area contributed by atoms with Crippen LogP contribution < -0.4 is 15.2 Å². The molecule has 2 aromatic rings. The van der Waals surface area contributed by atoms with Crippen molar-refractivity contribution in [3.8, 4) is 11.5 Å². The van der Waals surface area contributed by atoms with Gasteiger partial charge >= 0.3 is 0 Å². The summed E-state index contributed by atoms with van der Waals surface area (Å²) in [6.45, 7) is 8.97. The number of para-hydroxylation sites is 1. The Bertz CT molecular complexity index is 837. The number of Topliss-reactive ketones (excluding diaryl/α,β-unsaturated/α-hetero) is 1. The van der Waals surface area contributed by atoms with Gasteiger partial charge in [0, 0.05) is 23.5 Å². The lowest BCUT2D eigenvalue weighted by molar-refractivity contribution is 0.0909. The quantitative estimate of drug-likeness (QED) is 0.683. The summed E-state index contributed by atoms with van der Waals surface area (Å²) in [6.07, 6.45) is 1.05. The lowest BCUT2D eigenvalue weighted by Gasteiger charge is -2.13. The monoisotopic (exact) mass is 372 g/mol. The summed E-state index contributed by atoms with van der Waals surface area (Å²) in [7, 11) is 1.47. The van der Waals surface area contributed by atoms with Gasteiger partial charge in [-0.25, -0.2) is 0 Å². The second-order valence-corrected chi connectivity index (χ2v) is 7.03. The molecule has 0 saturated carbocycles. The first-order valence-electron chi connectivity index (χ1n) is 9.05. The van der Waals surface area contributed by atoms with Gasteiger partial charge in [-0.1, -0.05) is 19.9 Å². The predicted molar refractivity (Wildman–Crippen MR) is 105 cm³/mol. The first-order chi connectivity index (χ1) is 12.8. The summed E-state index contributed by atoms with van der Waals surface area (Å²) in [6, 6.07) is 6.74. The lowest BCUT2D eigenvalue weighted by atomic mass is 10.1. The van der Waals surface area contributed by atoms with Crippen LogP contribution in [0.1, 0.15) is 52.4 Å². The standard InChI is InChI=1S/C21H28N2O4/c1-13(2)9-10-23-14(3)11-17(15(23)4)18(24)12-27-20-16(21(22)25)7-6-8-19(20)26-5/h6-8,11,13H,9-10,12H2,1-5H3,(H2,22,25). The van der Waals surface area contributed by atoms with Gasteiger partial charge in [0.2, 0.25) is 5.78 Å². The van der Waals surface area contributed by atoms with Crippen molar-refractivity contribution in [3.05, 3.63) is 46.8 Å². The van der Waals surface area contributed by atoms with E-state index < -0.39 is 5.91 Å². The molecule has 0 aliphatic rings. The first kappa shape index (κ1) is 20.6.